The van der Waals surface area contributed by atoms with Crippen molar-refractivity contribution < 1.29 is 19.0 Å². The van der Waals surface area contributed by atoms with Crippen LogP contribution in [0.5, 0.6) is 5.88 Å². The third kappa shape index (κ3) is 3.34. The summed E-state index contributed by atoms with van der Waals surface area (Å²) in [6.45, 7) is 1.48. The lowest BCUT2D eigenvalue weighted by Crippen LogP contribution is -2.18. The van der Waals surface area contributed by atoms with Crippen LogP contribution in [0.15, 0.2) is 0 Å². The second-order valence-corrected chi connectivity index (χ2v) is 4.03. The first kappa shape index (κ1) is 13.8. The average Bonchev–Trinajstić information content (AvgIpc) is 2.21. The standard InChI is InChI=1S/C9H9Cl2FN2O3/c1-3(2-4(15)16)17-9-6(11)7(13)5(10)8(12)14-9/h3H,2H2,1H3,(H2,13,14)(H,15,16)/t3-/m1/s1. The van der Waals surface area contributed by atoms with Gasteiger partial charge in [-0.15, -0.1) is 0 Å². The van der Waals surface area contributed by atoms with Gasteiger partial charge in [0.2, 0.25) is 11.8 Å². The number of pyridine rings is 1. The van der Waals surface area contributed by atoms with Gasteiger partial charge in [0.15, 0.2) is 0 Å². The Labute approximate surface area is 106 Å². The number of halogens is 3. The first-order chi connectivity index (χ1) is 7.82. The van der Waals surface area contributed by atoms with E-state index in [1.807, 2.05) is 0 Å². The zero-order chi connectivity index (χ0) is 13.2. The van der Waals surface area contributed by atoms with E-state index >= 15 is 0 Å². The maximum Gasteiger partial charge on any atom is 0.307 e. The van der Waals surface area contributed by atoms with Gasteiger partial charge < -0.3 is 15.6 Å². The number of nitrogens with zero attached hydrogens (tertiary/aromatic N) is 1. The Kier molecular flexibility index (Phi) is 4.36. The van der Waals surface area contributed by atoms with Crippen LogP contribution in [0.25, 0.3) is 0 Å². The van der Waals surface area contributed by atoms with Gasteiger partial charge in [0, 0.05) is 0 Å². The maximum absolute atomic E-state index is 13.2. The second-order valence-electron chi connectivity index (χ2n) is 3.28. The van der Waals surface area contributed by atoms with Gasteiger partial charge in [0.05, 0.1) is 12.1 Å². The summed E-state index contributed by atoms with van der Waals surface area (Å²) in [5.41, 5.74) is 5.22. The Balaban J connectivity index is 2.96. The summed E-state index contributed by atoms with van der Waals surface area (Å²) in [5, 5.41) is 7.99. The third-order valence-corrected chi connectivity index (χ3v) is 2.54. The highest BCUT2D eigenvalue weighted by Gasteiger charge is 2.19. The molecule has 0 saturated heterocycles. The number of anilines is 1. The predicted octanol–water partition coefficient (Wildman–Crippen LogP) is 2.35. The van der Waals surface area contributed by atoms with Gasteiger partial charge in [-0.05, 0) is 6.92 Å². The molecule has 1 aromatic rings. The molecule has 94 valence electrons. The quantitative estimate of drug-likeness (QED) is 0.828. The van der Waals surface area contributed by atoms with Crippen LogP contribution in [0.2, 0.25) is 10.0 Å². The number of aromatic nitrogens is 1. The van der Waals surface area contributed by atoms with Crippen LogP contribution in [-0.2, 0) is 4.79 Å². The minimum Gasteiger partial charge on any atom is -0.481 e. The zero-order valence-corrected chi connectivity index (χ0v) is 10.2. The molecule has 1 atom stereocenters. The van der Waals surface area contributed by atoms with Crippen LogP contribution in [0.1, 0.15) is 13.3 Å². The van der Waals surface area contributed by atoms with Gasteiger partial charge in [-0.1, -0.05) is 23.2 Å². The van der Waals surface area contributed by atoms with E-state index in [0.29, 0.717) is 0 Å². The number of carboxylic acid groups (broad SMARTS) is 1. The van der Waals surface area contributed by atoms with Gasteiger partial charge in [-0.2, -0.15) is 9.37 Å². The minimum atomic E-state index is -1.06. The van der Waals surface area contributed by atoms with Crippen molar-refractivity contribution in [3.8, 4) is 5.88 Å². The number of carbonyl (C=O) groups is 1. The molecule has 0 bridgehead atoms. The summed E-state index contributed by atoms with van der Waals surface area (Å²) >= 11 is 11.2. The van der Waals surface area contributed by atoms with E-state index < -0.39 is 23.0 Å². The highest BCUT2D eigenvalue weighted by molar-refractivity contribution is 6.39. The molecule has 0 aromatic carbocycles. The Morgan fingerprint density at radius 1 is 1.59 bits per heavy atom. The molecular formula is C9H9Cl2FN2O3. The molecule has 8 heteroatoms. The fourth-order valence-electron chi connectivity index (χ4n) is 1.07. The largest absolute Gasteiger partial charge is 0.481 e. The highest BCUT2D eigenvalue weighted by atomic mass is 35.5. The lowest BCUT2D eigenvalue weighted by Gasteiger charge is -2.14. The van der Waals surface area contributed by atoms with Crippen molar-refractivity contribution in [3.63, 3.8) is 0 Å². The fourth-order valence-corrected chi connectivity index (χ4v) is 1.43. The third-order valence-electron chi connectivity index (χ3n) is 1.82. The van der Waals surface area contributed by atoms with Gasteiger partial charge >= 0.3 is 5.97 Å². The number of hydrogen-bond acceptors (Lipinski definition) is 4. The lowest BCUT2D eigenvalue weighted by atomic mass is 10.3. The predicted molar refractivity (Wildman–Crippen MR) is 61.0 cm³/mol. The number of nitrogen functional groups attached to an aromatic ring is 1. The maximum atomic E-state index is 13.2. The van der Waals surface area contributed by atoms with Gasteiger partial charge in [-0.3, -0.25) is 4.79 Å². The van der Waals surface area contributed by atoms with Crippen molar-refractivity contribution >= 4 is 34.9 Å². The lowest BCUT2D eigenvalue weighted by molar-refractivity contribution is -0.138. The number of ether oxygens (including phenoxy) is 1. The summed E-state index contributed by atoms with van der Waals surface area (Å²) < 4.78 is 18.2. The molecule has 5 nitrogen and oxygen atoms in total. The second kappa shape index (κ2) is 5.37. The van der Waals surface area contributed by atoms with Gasteiger partial charge in [0.1, 0.15) is 16.1 Å². The molecule has 3 N–H and O–H groups in total. The molecule has 0 aliphatic carbocycles. The summed E-state index contributed by atoms with van der Waals surface area (Å²) in [6, 6.07) is 0. The number of aliphatic carboxylic acids is 1. The van der Waals surface area contributed by atoms with E-state index in [2.05, 4.69) is 4.98 Å². The Bertz CT molecular complexity index is 456. The average molecular weight is 283 g/mol. The van der Waals surface area contributed by atoms with Gasteiger partial charge in [-0.25, -0.2) is 0 Å². The summed E-state index contributed by atoms with van der Waals surface area (Å²) in [5.74, 6) is -2.36. The number of rotatable bonds is 4. The fraction of sp³-hybridized carbons (Fsp3) is 0.333. The van der Waals surface area contributed by atoms with Crippen molar-refractivity contribution in [3.05, 3.63) is 16.0 Å². The van der Waals surface area contributed by atoms with Crippen LogP contribution in [0, 0.1) is 5.95 Å². The van der Waals surface area contributed by atoms with Crippen molar-refractivity contribution in [2.24, 2.45) is 0 Å². The zero-order valence-electron chi connectivity index (χ0n) is 8.71. The summed E-state index contributed by atoms with van der Waals surface area (Å²) in [4.78, 5) is 13.8. The van der Waals surface area contributed by atoms with Crippen molar-refractivity contribution in [1.82, 2.24) is 4.98 Å². The molecular weight excluding hydrogens is 274 g/mol. The molecule has 0 fully saturated rings. The van der Waals surface area contributed by atoms with Crippen LogP contribution in [-0.4, -0.2) is 22.2 Å². The van der Waals surface area contributed by atoms with Crippen LogP contribution in [0.3, 0.4) is 0 Å². The molecule has 17 heavy (non-hydrogen) atoms. The Hall–Kier alpha value is -1.27. The SMILES string of the molecule is C[C@H](CC(=O)O)Oc1nc(F)c(Cl)c(N)c1Cl. The van der Waals surface area contributed by atoms with Crippen molar-refractivity contribution in [2.75, 3.05) is 5.73 Å². The number of nitrogens with two attached hydrogens (primary N) is 1. The van der Waals surface area contributed by atoms with E-state index in [4.69, 9.17) is 38.8 Å². The normalized spacial score (nSPS) is 12.2. The van der Waals surface area contributed by atoms with Crippen molar-refractivity contribution in [2.45, 2.75) is 19.4 Å². The Morgan fingerprint density at radius 3 is 2.71 bits per heavy atom. The highest BCUT2D eigenvalue weighted by Crippen LogP contribution is 2.35. The van der Waals surface area contributed by atoms with E-state index in [1.54, 1.807) is 0 Å². The topological polar surface area (TPSA) is 85.4 Å². The van der Waals surface area contributed by atoms with Gasteiger partial charge in [0.25, 0.3) is 0 Å². The smallest absolute Gasteiger partial charge is 0.307 e. The molecule has 0 saturated carbocycles. The molecule has 0 spiro atoms. The molecule has 0 aliphatic rings. The minimum absolute atomic E-state index is 0.145. The Morgan fingerprint density at radius 2 is 2.18 bits per heavy atom. The monoisotopic (exact) mass is 282 g/mol. The molecule has 0 unspecified atom stereocenters. The van der Waals surface area contributed by atoms with Crippen molar-refractivity contribution in [1.29, 1.82) is 0 Å². The molecule has 1 heterocycles. The number of hydrogen-bond donors (Lipinski definition) is 2. The van der Waals surface area contributed by atoms with E-state index in [0.717, 1.165) is 0 Å². The van der Waals surface area contributed by atoms with E-state index in [1.165, 1.54) is 6.92 Å². The summed E-state index contributed by atoms with van der Waals surface area (Å²) in [7, 11) is 0. The first-order valence-corrected chi connectivity index (χ1v) is 5.27. The van der Waals surface area contributed by atoms with Crippen LogP contribution >= 0.6 is 23.2 Å². The molecule has 1 aromatic heterocycles. The molecule has 1 rings (SSSR count). The van der Waals surface area contributed by atoms with E-state index in [9.17, 15) is 9.18 Å². The molecule has 0 amide bonds. The molecule has 0 radical (unpaired) electrons. The first-order valence-electron chi connectivity index (χ1n) is 4.51. The summed E-state index contributed by atoms with van der Waals surface area (Å²) in [6.07, 6.45) is -1.00. The van der Waals surface area contributed by atoms with E-state index in [-0.39, 0.29) is 23.0 Å². The molecule has 0 aliphatic heterocycles. The van der Waals surface area contributed by atoms with Crippen LogP contribution in [0.4, 0.5) is 10.1 Å². The van der Waals surface area contributed by atoms with Crippen LogP contribution < -0.4 is 10.5 Å². The number of carboxylic acids is 1.